The molecular weight excluding hydrogens is 240 g/mol. The Morgan fingerprint density at radius 1 is 1.32 bits per heavy atom. The molecule has 2 N–H and O–H groups in total. The molecule has 2 fully saturated rings. The molecule has 1 saturated carbocycles. The fraction of sp³-hybridized carbons (Fsp3) is 0.933. The van der Waals surface area contributed by atoms with E-state index in [0.29, 0.717) is 13.1 Å². The highest BCUT2D eigenvalue weighted by atomic mass is 16.4. The maximum atomic E-state index is 11.5. The Morgan fingerprint density at radius 3 is 2.63 bits per heavy atom. The van der Waals surface area contributed by atoms with Crippen LogP contribution in [0.5, 0.6) is 0 Å². The summed E-state index contributed by atoms with van der Waals surface area (Å²) in [4.78, 5) is 13.8. The van der Waals surface area contributed by atoms with Crippen LogP contribution in [0.4, 0.5) is 0 Å². The lowest BCUT2D eigenvalue weighted by Gasteiger charge is -2.43. The van der Waals surface area contributed by atoms with Crippen molar-refractivity contribution in [1.82, 2.24) is 10.2 Å². The molecule has 0 amide bonds. The minimum Gasteiger partial charge on any atom is -0.480 e. The number of likely N-dealkylation sites (tertiary alicyclic amines) is 1. The van der Waals surface area contributed by atoms with E-state index in [1.165, 1.54) is 32.1 Å². The van der Waals surface area contributed by atoms with Gasteiger partial charge in [0.15, 0.2) is 0 Å². The monoisotopic (exact) mass is 268 g/mol. The molecule has 3 unspecified atom stereocenters. The number of carbonyl (C=O) groups is 1. The van der Waals surface area contributed by atoms with E-state index in [0.717, 1.165) is 24.9 Å². The molecule has 1 saturated heterocycles. The van der Waals surface area contributed by atoms with Crippen LogP contribution < -0.4 is 5.32 Å². The second kappa shape index (κ2) is 6.23. The number of hydrogen-bond donors (Lipinski definition) is 2. The minimum atomic E-state index is -0.809. The van der Waals surface area contributed by atoms with Gasteiger partial charge in [-0.3, -0.25) is 4.79 Å². The topological polar surface area (TPSA) is 52.6 Å². The van der Waals surface area contributed by atoms with Crippen LogP contribution >= 0.6 is 0 Å². The zero-order valence-electron chi connectivity index (χ0n) is 12.3. The highest BCUT2D eigenvalue weighted by Gasteiger charge is 2.38. The number of likely N-dealkylation sites (N-methyl/N-ethyl adjacent to an activating group) is 1. The number of fused-ring (bicyclic) bond motifs is 1. The normalized spacial score (nSPS) is 31.5. The molecule has 0 aromatic carbocycles. The van der Waals surface area contributed by atoms with E-state index < -0.39 is 11.5 Å². The Kier molecular flexibility index (Phi) is 4.85. The Morgan fingerprint density at radius 2 is 2.00 bits per heavy atom. The first-order chi connectivity index (χ1) is 9.05. The van der Waals surface area contributed by atoms with Crippen molar-refractivity contribution in [3.8, 4) is 0 Å². The average molecular weight is 268 g/mol. The van der Waals surface area contributed by atoms with E-state index in [1.54, 1.807) is 0 Å². The molecule has 0 spiro atoms. The van der Waals surface area contributed by atoms with Gasteiger partial charge in [0, 0.05) is 13.1 Å². The smallest absolute Gasteiger partial charge is 0.324 e. The van der Waals surface area contributed by atoms with Crippen molar-refractivity contribution in [2.75, 3.05) is 26.2 Å². The van der Waals surface area contributed by atoms with Gasteiger partial charge in [0.2, 0.25) is 0 Å². The number of aliphatic carboxylic acids is 1. The summed E-state index contributed by atoms with van der Waals surface area (Å²) in [7, 11) is 0. The number of nitrogens with one attached hydrogen (secondary N) is 1. The van der Waals surface area contributed by atoms with Gasteiger partial charge in [0.05, 0.1) is 0 Å². The highest BCUT2D eigenvalue weighted by Crippen LogP contribution is 2.36. The summed E-state index contributed by atoms with van der Waals surface area (Å²) >= 11 is 0. The molecule has 4 heteroatoms. The van der Waals surface area contributed by atoms with Gasteiger partial charge in [-0.05, 0) is 44.7 Å². The van der Waals surface area contributed by atoms with Crippen LogP contribution in [-0.2, 0) is 4.79 Å². The van der Waals surface area contributed by atoms with Crippen LogP contribution in [0.1, 0.15) is 46.0 Å². The second-order valence-electron chi connectivity index (χ2n) is 6.50. The Balaban J connectivity index is 1.93. The molecule has 1 aliphatic heterocycles. The molecule has 4 nitrogen and oxygen atoms in total. The third-order valence-electron chi connectivity index (χ3n) is 4.95. The summed E-state index contributed by atoms with van der Waals surface area (Å²) < 4.78 is 0. The Bertz CT molecular complexity index is 321. The number of hydrogen-bond acceptors (Lipinski definition) is 3. The van der Waals surface area contributed by atoms with Crippen LogP contribution in [0.25, 0.3) is 0 Å². The summed E-state index contributed by atoms with van der Waals surface area (Å²) in [6.45, 7) is 7.26. The van der Waals surface area contributed by atoms with E-state index in [9.17, 15) is 9.90 Å². The summed E-state index contributed by atoms with van der Waals surface area (Å²) in [5.41, 5.74) is -0.809. The van der Waals surface area contributed by atoms with Crippen molar-refractivity contribution in [1.29, 1.82) is 0 Å². The van der Waals surface area contributed by atoms with Crippen LogP contribution in [-0.4, -0.2) is 47.7 Å². The van der Waals surface area contributed by atoms with Crippen molar-refractivity contribution in [2.24, 2.45) is 11.8 Å². The van der Waals surface area contributed by atoms with Crippen molar-refractivity contribution >= 4 is 5.97 Å². The number of carboxylic acid groups (broad SMARTS) is 1. The largest absolute Gasteiger partial charge is 0.480 e. The third-order valence-corrected chi connectivity index (χ3v) is 4.95. The molecule has 0 bridgehead atoms. The molecule has 110 valence electrons. The van der Waals surface area contributed by atoms with Gasteiger partial charge < -0.3 is 15.3 Å². The quantitative estimate of drug-likeness (QED) is 0.800. The van der Waals surface area contributed by atoms with Crippen LogP contribution in [0.15, 0.2) is 0 Å². The fourth-order valence-electron chi connectivity index (χ4n) is 3.86. The van der Waals surface area contributed by atoms with E-state index in [2.05, 4.69) is 10.2 Å². The molecule has 1 heterocycles. The van der Waals surface area contributed by atoms with Gasteiger partial charge in [-0.25, -0.2) is 0 Å². The molecule has 0 aromatic heterocycles. The summed E-state index contributed by atoms with van der Waals surface area (Å²) in [6.07, 6.45) is 6.74. The van der Waals surface area contributed by atoms with Gasteiger partial charge in [-0.2, -0.15) is 0 Å². The fourth-order valence-corrected chi connectivity index (χ4v) is 3.86. The molecule has 3 atom stereocenters. The SMILES string of the molecule is CCNC(C)(CN1CCC2CCCCC2C1)C(=O)O. The maximum absolute atomic E-state index is 11.5. The van der Waals surface area contributed by atoms with Crippen molar-refractivity contribution < 1.29 is 9.90 Å². The molecule has 19 heavy (non-hydrogen) atoms. The first-order valence-electron chi connectivity index (χ1n) is 7.76. The van der Waals surface area contributed by atoms with Gasteiger partial charge >= 0.3 is 5.97 Å². The number of rotatable bonds is 5. The predicted molar refractivity (Wildman–Crippen MR) is 76.2 cm³/mol. The second-order valence-corrected chi connectivity index (χ2v) is 6.50. The first kappa shape index (κ1) is 14.8. The maximum Gasteiger partial charge on any atom is 0.324 e. The number of carboxylic acids is 1. The molecule has 2 rings (SSSR count). The van der Waals surface area contributed by atoms with Crippen molar-refractivity contribution in [3.63, 3.8) is 0 Å². The van der Waals surface area contributed by atoms with Gasteiger partial charge in [-0.15, -0.1) is 0 Å². The zero-order chi connectivity index (χ0) is 13.9. The zero-order valence-corrected chi connectivity index (χ0v) is 12.3. The molecule has 0 radical (unpaired) electrons. The summed E-state index contributed by atoms with van der Waals surface area (Å²) in [5, 5.41) is 12.6. The van der Waals surface area contributed by atoms with E-state index in [-0.39, 0.29) is 0 Å². The third kappa shape index (κ3) is 3.48. The van der Waals surface area contributed by atoms with E-state index in [4.69, 9.17) is 0 Å². The van der Waals surface area contributed by atoms with Crippen LogP contribution in [0, 0.1) is 11.8 Å². The van der Waals surface area contributed by atoms with Crippen molar-refractivity contribution in [2.45, 2.75) is 51.5 Å². The number of piperidine rings is 1. The van der Waals surface area contributed by atoms with E-state index >= 15 is 0 Å². The van der Waals surface area contributed by atoms with Crippen molar-refractivity contribution in [3.05, 3.63) is 0 Å². The molecule has 1 aliphatic carbocycles. The summed E-state index contributed by atoms with van der Waals surface area (Å²) in [5.74, 6) is 0.975. The lowest BCUT2D eigenvalue weighted by Crippen LogP contribution is -2.58. The highest BCUT2D eigenvalue weighted by molar-refractivity contribution is 5.78. The van der Waals surface area contributed by atoms with Gasteiger partial charge in [-0.1, -0.05) is 26.2 Å². The van der Waals surface area contributed by atoms with Gasteiger partial charge in [0.1, 0.15) is 5.54 Å². The molecule has 0 aromatic rings. The number of nitrogens with zero attached hydrogens (tertiary/aromatic N) is 1. The molecular formula is C15H28N2O2. The average Bonchev–Trinajstić information content (AvgIpc) is 2.38. The van der Waals surface area contributed by atoms with Crippen LogP contribution in [0.3, 0.4) is 0 Å². The van der Waals surface area contributed by atoms with Gasteiger partial charge in [0.25, 0.3) is 0 Å². The lowest BCUT2D eigenvalue weighted by molar-refractivity contribution is -0.145. The predicted octanol–water partition coefficient (Wildman–Crippen LogP) is 1.95. The Labute approximate surface area is 116 Å². The minimum absolute atomic E-state index is 0.624. The lowest BCUT2D eigenvalue weighted by atomic mass is 9.75. The Hall–Kier alpha value is -0.610. The summed E-state index contributed by atoms with van der Waals surface area (Å²) in [6, 6.07) is 0. The molecule has 2 aliphatic rings. The standard InChI is InChI=1S/C15H28N2O2/c1-3-16-15(2,14(18)19)11-17-9-8-12-6-4-5-7-13(12)10-17/h12-13,16H,3-11H2,1-2H3,(H,18,19). The van der Waals surface area contributed by atoms with E-state index in [1.807, 2.05) is 13.8 Å². The van der Waals surface area contributed by atoms with Crippen LogP contribution in [0.2, 0.25) is 0 Å². The first-order valence-corrected chi connectivity index (χ1v) is 7.76.